The summed E-state index contributed by atoms with van der Waals surface area (Å²) in [7, 11) is 0. The van der Waals surface area contributed by atoms with Crippen LogP contribution in [0.3, 0.4) is 0 Å². The van der Waals surface area contributed by atoms with Gasteiger partial charge in [-0.05, 0) is 27.6 Å². The first-order valence-electron chi connectivity index (χ1n) is 6.38. The fraction of sp³-hybridized carbons (Fsp3) is 0.133. The fourth-order valence-electron chi connectivity index (χ4n) is 1.72. The van der Waals surface area contributed by atoms with Crippen LogP contribution in [0.5, 0.6) is 0 Å². The number of carboxylic acid groups (broad SMARTS) is 1. The van der Waals surface area contributed by atoms with Gasteiger partial charge in [-0.1, -0.05) is 30.3 Å². The van der Waals surface area contributed by atoms with Crippen LogP contribution >= 0.6 is 15.9 Å². The van der Waals surface area contributed by atoms with Crippen LogP contribution in [0, 0.1) is 0 Å². The van der Waals surface area contributed by atoms with E-state index in [9.17, 15) is 9.59 Å². The summed E-state index contributed by atoms with van der Waals surface area (Å²) in [5.41, 5.74) is 1.15. The van der Waals surface area contributed by atoms with E-state index in [0.29, 0.717) is 4.47 Å². The molecule has 0 radical (unpaired) electrons. The Labute approximate surface area is 135 Å². The molecule has 7 heteroatoms. The van der Waals surface area contributed by atoms with Gasteiger partial charge in [-0.25, -0.2) is 9.59 Å². The zero-order chi connectivity index (χ0) is 15.9. The maximum absolute atomic E-state index is 11.6. The molecule has 2 rings (SSSR count). The lowest BCUT2D eigenvalue weighted by Crippen LogP contribution is -2.25. The highest BCUT2D eigenvalue weighted by Gasteiger charge is 2.13. The van der Waals surface area contributed by atoms with Crippen molar-refractivity contribution in [2.75, 3.05) is 0 Å². The second kappa shape index (κ2) is 7.56. The Morgan fingerprint density at radius 2 is 2.00 bits per heavy atom. The topological polar surface area (TPSA) is 88.5 Å². The number of benzene rings is 1. The number of amides is 1. The Balaban J connectivity index is 1.90. The number of ether oxygens (including phenoxy) is 1. The Morgan fingerprint density at radius 1 is 1.27 bits per heavy atom. The molecule has 0 aliphatic carbocycles. The number of carbonyl (C=O) groups is 2. The first-order valence-corrected chi connectivity index (χ1v) is 7.18. The van der Waals surface area contributed by atoms with Gasteiger partial charge in [-0.3, -0.25) is 4.98 Å². The summed E-state index contributed by atoms with van der Waals surface area (Å²) in [6.45, 7) is 0.120. The predicted octanol–water partition coefficient (Wildman–Crippen LogP) is 2.97. The monoisotopic (exact) mass is 364 g/mol. The number of carboxylic acids is 1. The van der Waals surface area contributed by atoms with E-state index in [4.69, 9.17) is 9.84 Å². The molecule has 1 heterocycles. The third-order valence-corrected chi connectivity index (χ3v) is 3.21. The van der Waals surface area contributed by atoms with Gasteiger partial charge in [0.15, 0.2) is 0 Å². The van der Waals surface area contributed by atoms with Gasteiger partial charge in [0.05, 0.1) is 17.8 Å². The van der Waals surface area contributed by atoms with E-state index in [1.807, 2.05) is 30.3 Å². The first kappa shape index (κ1) is 16.0. The van der Waals surface area contributed by atoms with Gasteiger partial charge in [-0.15, -0.1) is 0 Å². The number of hydrogen-bond acceptors (Lipinski definition) is 4. The Morgan fingerprint density at radius 3 is 2.68 bits per heavy atom. The maximum atomic E-state index is 11.6. The molecule has 2 aromatic rings. The Kier molecular flexibility index (Phi) is 5.48. The minimum Gasteiger partial charge on any atom is -0.478 e. The summed E-state index contributed by atoms with van der Waals surface area (Å²) in [4.78, 5) is 26.7. The predicted molar refractivity (Wildman–Crippen MR) is 82.4 cm³/mol. The molecule has 114 valence electrons. The van der Waals surface area contributed by atoms with Crippen molar-refractivity contribution in [3.8, 4) is 0 Å². The minimum absolute atomic E-state index is 0.0253. The molecular formula is C15H13BrN2O4. The largest absolute Gasteiger partial charge is 0.478 e. The fourth-order valence-corrected chi connectivity index (χ4v) is 2.05. The standard InChI is InChI=1S/C15H13BrN2O4/c16-11-6-12(14(19)20)13(17-7-11)8-18-15(21)22-9-10-4-2-1-3-5-10/h1-7H,8-9H2,(H,18,21)(H,19,20). The number of hydrogen-bond donors (Lipinski definition) is 2. The molecule has 0 bridgehead atoms. The van der Waals surface area contributed by atoms with Gasteiger partial charge in [0.1, 0.15) is 6.61 Å². The molecule has 0 unspecified atom stereocenters. The van der Waals surface area contributed by atoms with Gasteiger partial charge in [0, 0.05) is 10.7 Å². The molecule has 1 amide bonds. The number of rotatable bonds is 5. The SMILES string of the molecule is O=C(NCc1ncc(Br)cc1C(=O)O)OCc1ccccc1. The molecule has 0 saturated heterocycles. The van der Waals surface area contributed by atoms with Crippen LogP contribution in [-0.4, -0.2) is 22.2 Å². The van der Waals surface area contributed by atoms with Crippen molar-refractivity contribution in [1.82, 2.24) is 10.3 Å². The Hall–Kier alpha value is -2.41. The average molecular weight is 365 g/mol. The number of alkyl carbamates (subject to hydrolysis) is 1. The number of halogens is 1. The van der Waals surface area contributed by atoms with Crippen LogP contribution in [0.15, 0.2) is 47.1 Å². The van der Waals surface area contributed by atoms with E-state index in [0.717, 1.165) is 5.56 Å². The van der Waals surface area contributed by atoms with Gasteiger partial charge in [-0.2, -0.15) is 0 Å². The van der Waals surface area contributed by atoms with Gasteiger partial charge >= 0.3 is 12.1 Å². The van der Waals surface area contributed by atoms with Crippen molar-refractivity contribution in [3.05, 3.63) is 63.9 Å². The van der Waals surface area contributed by atoms with Gasteiger partial charge < -0.3 is 15.2 Å². The molecular weight excluding hydrogens is 352 g/mol. The molecule has 0 spiro atoms. The zero-order valence-electron chi connectivity index (χ0n) is 11.5. The van der Waals surface area contributed by atoms with Crippen LogP contribution in [0.4, 0.5) is 4.79 Å². The molecule has 0 saturated carbocycles. The highest BCUT2D eigenvalue weighted by atomic mass is 79.9. The second-order valence-corrected chi connectivity index (χ2v) is 5.28. The zero-order valence-corrected chi connectivity index (χ0v) is 13.0. The highest BCUT2D eigenvalue weighted by Crippen LogP contribution is 2.14. The lowest BCUT2D eigenvalue weighted by atomic mass is 10.2. The molecule has 0 fully saturated rings. The number of aromatic carboxylic acids is 1. The molecule has 6 nitrogen and oxygen atoms in total. The normalized spacial score (nSPS) is 10.0. The summed E-state index contributed by atoms with van der Waals surface area (Å²) in [5.74, 6) is -1.11. The van der Waals surface area contributed by atoms with Gasteiger partial charge in [0.25, 0.3) is 0 Å². The summed E-state index contributed by atoms with van der Waals surface area (Å²) in [6, 6.07) is 10.7. The highest BCUT2D eigenvalue weighted by molar-refractivity contribution is 9.10. The number of nitrogens with one attached hydrogen (secondary N) is 1. The number of carbonyl (C=O) groups excluding carboxylic acids is 1. The molecule has 2 N–H and O–H groups in total. The van der Waals surface area contributed by atoms with E-state index < -0.39 is 12.1 Å². The number of aromatic nitrogens is 1. The van der Waals surface area contributed by atoms with Crippen LogP contribution in [0.2, 0.25) is 0 Å². The third-order valence-electron chi connectivity index (χ3n) is 2.78. The van der Waals surface area contributed by atoms with E-state index in [1.54, 1.807) is 0 Å². The third kappa shape index (κ3) is 4.56. The van der Waals surface area contributed by atoms with Crippen molar-refractivity contribution >= 4 is 28.0 Å². The van der Waals surface area contributed by atoms with E-state index >= 15 is 0 Å². The summed E-state index contributed by atoms with van der Waals surface area (Å²) >= 11 is 3.16. The molecule has 1 aromatic heterocycles. The smallest absolute Gasteiger partial charge is 0.407 e. The lowest BCUT2D eigenvalue weighted by Gasteiger charge is -2.08. The van der Waals surface area contributed by atoms with Crippen molar-refractivity contribution in [3.63, 3.8) is 0 Å². The quantitative estimate of drug-likeness (QED) is 0.851. The molecule has 22 heavy (non-hydrogen) atoms. The van der Waals surface area contributed by atoms with Crippen molar-refractivity contribution in [2.24, 2.45) is 0 Å². The van der Waals surface area contributed by atoms with Crippen molar-refractivity contribution in [2.45, 2.75) is 13.2 Å². The van der Waals surface area contributed by atoms with E-state index in [-0.39, 0.29) is 24.4 Å². The average Bonchev–Trinajstić information content (AvgIpc) is 2.52. The summed E-state index contributed by atoms with van der Waals surface area (Å²) in [5, 5.41) is 11.6. The van der Waals surface area contributed by atoms with Crippen molar-refractivity contribution < 1.29 is 19.4 Å². The summed E-state index contributed by atoms with van der Waals surface area (Å²) in [6.07, 6.45) is 0.837. The maximum Gasteiger partial charge on any atom is 0.407 e. The summed E-state index contributed by atoms with van der Waals surface area (Å²) < 4.78 is 5.60. The number of pyridine rings is 1. The first-order chi connectivity index (χ1) is 10.6. The molecule has 0 aliphatic rings. The minimum atomic E-state index is -1.11. The van der Waals surface area contributed by atoms with Crippen molar-refractivity contribution in [1.29, 1.82) is 0 Å². The van der Waals surface area contributed by atoms with E-state index in [2.05, 4.69) is 26.2 Å². The molecule has 1 aromatic carbocycles. The van der Waals surface area contributed by atoms with Crippen LogP contribution in [0.1, 0.15) is 21.6 Å². The molecule has 0 aliphatic heterocycles. The number of nitrogens with zero attached hydrogens (tertiary/aromatic N) is 1. The van der Waals surface area contributed by atoms with Gasteiger partial charge in [0.2, 0.25) is 0 Å². The second-order valence-electron chi connectivity index (χ2n) is 4.37. The Bertz CT molecular complexity index is 676. The lowest BCUT2D eigenvalue weighted by molar-refractivity contribution is 0.0694. The molecule has 0 atom stereocenters. The van der Waals surface area contributed by atoms with E-state index in [1.165, 1.54) is 12.3 Å². The van der Waals surface area contributed by atoms with Crippen LogP contribution in [-0.2, 0) is 17.9 Å². The van der Waals surface area contributed by atoms with Crippen LogP contribution < -0.4 is 5.32 Å². The van der Waals surface area contributed by atoms with Crippen LogP contribution in [0.25, 0.3) is 0 Å².